The molecule has 0 bridgehead atoms. The van der Waals surface area contributed by atoms with Gasteiger partial charge in [0.1, 0.15) is 0 Å². The molecule has 0 radical (unpaired) electrons. The van der Waals surface area contributed by atoms with E-state index in [-0.39, 0.29) is 18.8 Å². The first kappa shape index (κ1) is 17.6. The van der Waals surface area contributed by atoms with Gasteiger partial charge < -0.3 is 24.0 Å². The van der Waals surface area contributed by atoms with Crippen molar-refractivity contribution in [3.05, 3.63) is 23.8 Å². The molecule has 0 spiro atoms. The Kier molecular flexibility index (Phi) is 5.60. The lowest BCUT2D eigenvalue weighted by Gasteiger charge is -2.27. The molecule has 1 aromatic rings. The first-order valence-corrected chi connectivity index (χ1v) is 9.78. The Hall–Kier alpha value is -1.79. The first-order valence-electron chi connectivity index (χ1n) is 9.78. The molecule has 2 fully saturated rings. The van der Waals surface area contributed by atoms with E-state index in [1.54, 1.807) is 0 Å². The Morgan fingerprint density at radius 1 is 1.08 bits per heavy atom. The fourth-order valence-electron chi connectivity index (χ4n) is 3.99. The molecule has 1 unspecified atom stereocenters. The Morgan fingerprint density at radius 2 is 1.92 bits per heavy atom. The molecule has 3 aliphatic heterocycles. The second-order valence-corrected chi connectivity index (χ2v) is 7.38. The fourth-order valence-corrected chi connectivity index (χ4v) is 3.99. The molecule has 0 aliphatic carbocycles. The summed E-state index contributed by atoms with van der Waals surface area (Å²) in [4.78, 5) is 17.2. The van der Waals surface area contributed by atoms with Crippen LogP contribution in [0.3, 0.4) is 0 Å². The average molecular weight is 360 g/mol. The molecule has 1 amide bonds. The number of hydrogen-bond acceptors (Lipinski definition) is 5. The van der Waals surface area contributed by atoms with Crippen molar-refractivity contribution in [2.75, 3.05) is 46.1 Å². The van der Waals surface area contributed by atoms with E-state index in [0.717, 1.165) is 69.2 Å². The summed E-state index contributed by atoms with van der Waals surface area (Å²) in [7, 11) is 0. The molecule has 3 aliphatic rings. The van der Waals surface area contributed by atoms with Crippen molar-refractivity contribution >= 4 is 5.91 Å². The number of nitrogens with zero attached hydrogens (tertiary/aromatic N) is 2. The molecule has 142 valence electrons. The third-order valence-electron chi connectivity index (χ3n) is 5.43. The summed E-state index contributed by atoms with van der Waals surface area (Å²) < 4.78 is 16.7. The van der Waals surface area contributed by atoms with Crippen molar-refractivity contribution in [1.29, 1.82) is 0 Å². The van der Waals surface area contributed by atoms with Crippen LogP contribution >= 0.6 is 0 Å². The van der Waals surface area contributed by atoms with Crippen LogP contribution in [0.4, 0.5) is 0 Å². The molecule has 0 aromatic heterocycles. The van der Waals surface area contributed by atoms with Crippen molar-refractivity contribution in [2.45, 2.75) is 38.2 Å². The van der Waals surface area contributed by atoms with Crippen LogP contribution in [0, 0.1) is 0 Å². The number of hydrogen-bond donors (Lipinski definition) is 0. The second kappa shape index (κ2) is 8.27. The van der Waals surface area contributed by atoms with Crippen LogP contribution < -0.4 is 9.47 Å². The maximum atomic E-state index is 12.7. The Labute approximate surface area is 155 Å². The molecule has 1 atom stereocenters. The van der Waals surface area contributed by atoms with Gasteiger partial charge in [0, 0.05) is 32.7 Å². The summed E-state index contributed by atoms with van der Waals surface area (Å²) in [5.41, 5.74) is 1.11. The molecule has 0 saturated carbocycles. The van der Waals surface area contributed by atoms with Crippen LogP contribution in [0.25, 0.3) is 0 Å². The molecule has 3 heterocycles. The summed E-state index contributed by atoms with van der Waals surface area (Å²) >= 11 is 0. The monoisotopic (exact) mass is 360 g/mol. The van der Waals surface area contributed by atoms with Gasteiger partial charge in [-0.05, 0) is 56.5 Å². The van der Waals surface area contributed by atoms with Crippen molar-refractivity contribution in [3.63, 3.8) is 0 Å². The highest BCUT2D eigenvalue weighted by atomic mass is 16.7. The zero-order valence-corrected chi connectivity index (χ0v) is 15.3. The van der Waals surface area contributed by atoms with Gasteiger partial charge in [0.05, 0.1) is 6.10 Å². The minimum absolute atomic E-state index is 0.144. The lowest BCUT2D eigenvalue weighted by atomic mass is 10.1. The molecule has 26 heavy (non-hydrogen) atoms. The van der Waals surface area contributed by atoms with Crippen LogP contribution in [-0.2, 0) is 16.0 Å². The summed E-state index contributed by atoms with van der Waals surface area (Å²) in [6.45, 7) is 5.84. The average Bonchev–Trinajstić information content (AvgIpc) is 3.27. The lowest BCUT2D eigenvalue weighted by molar-refractivity contribution is -0.132. The van der Waals surface area contributed by atoms with Crippen LogP contribution in [0.2, 0.25) is 0 Å². The Morgan fingerprint density at radius 3 is 2.81 bits per heavy atom. The number of benzene rings is 1. The van der Waals surface area contributed by atoms with E-state index < -0.39 is 0 Å². The smallest absolute Gasteiger partial charge is 0.231 e. The van der Waals surface area contributed by atoms with Gasteiger partial charge in [-0.25, -0.2) is 0 Å². The number of carbonyl (C=O) groups excluding carboxylic acids is 1. The van der Waals surface area contributed by atoms with Gasteiger partial charge >= 0.3 is 0 Å². The predicted molar refractivity (Wildman–Crippen MR) is 97.5 cm³/mol. The zero-order valence-electron chi connectivity index (χ0n) is 15.3. The topological polar surface area (TPSA) is 51.2 Å². The number of carbonyl (C=O) groups is 1. The molecule has 2 saturated heterocycles. The normalized spacial score (nSPS) is 23.2. The first-order chi connectivity index (χ1) is 12.8. The number of aryl methyl sites for hydroxylation is 1. The molecule has 1 aromatic carbocycles. The van der Waals surface area contributed by atoms with E-state index in [2.05, 4.69) is 4.90 Å². The molecule has 0 N–H and O–H groups in total. The minimum Gasteiger partial charge on any atom is -0.454 e. The standard InChI is InChI=1S/C20H28N2O4/c23-20(7-5-16-4-6-18-19(12-16)26-15-25-18)22-10-3-11-24-17(14-22)13-21-8-1-2-9-21/h4,6,12,17H,1-3,5,7-11,13-15H2. The van der Waals surface area contributed by atoms with Crippen molar-refractivity contribution in [1.82, 2.24) is 9.80 Å². The minimum atomic E-state index is 0.144. The van der Waals surface area contributed by atoms with E-state index >= 15 is 0 Å². The van der Waals surface area contributed by atoms with E-state index in [4.69, 9.17) is 14.2 Å². The van der Waals surface area contributed by atoms with E-state index in [0.29, 0.717) is 6.42 Å². The number of fused-ring (bicyclic) bond motifs is 1. The Bertz CT molecular complexity index is 630. The SMILES string of the molecule is O=C(CCc1ccc2c(c1)OCO2)N1CCCOC(CN2CCCC2)C1. The van der Waals surface area contributed by atoms with E-state index in [1.807, 2.05) is 23.1 Å². The molecular weight excluding hydrogens is 332 g/mol. The Balaban J connectivity index is 1.29. The van der Waals surface area contributed by atoms with Gasteiger partial charge in [-0.15, -0.1) is 0 Å². The lowest BCUT2D eigenvalue weighted by Crippen LogP contribution is -2.41. The summed E-state index contributed by atoms with van der Waals surface area (Å²) in [6.07, 6.45) is 4.88. The summed E-state index contributed by atoms with van der Waals surface area (Å²) in [5, 5.41) is 0. The summed E-state index contributed by atoms with van der Waals surface area (Å²) in [5.74, 6) is 1.79. The van der Waals surface area contributed by atoms with Crippen LogP contribution in [0.1, 0.15) is 31.2 Å². The molecule has 4 rings (SSSR count). The van der Waals surface area contributed by atoms with Crippen LogP contribution in [-0.4, -0.2) is 67.9 Å². The maximum Gasteiger partial charge on any atom is 0.231 e. The van der Waals surface area contributed by atoms with Crippen molar-refractivity contribution in [2.24, 2.45) is 0 Å². The number of rotatable bonds is 5. The second-order valence-electron chi connectivity index (χ2n) is 7.38. The fraction of sp³-hybridized carbons (Fsp3) is 0.650. The highest BCUT2D eigenvalue weighted by molar-refractivity contribution is 5.76. The number of amides is 1. The molecule has 6 nitrogen and oxygen atoms in total. The maximum absolute atomic E-state index is 12.7. The van der Waals surface area contributed by atoms with E-state index in [9.17, 15) is 4.79 Å². The van der Waals surface area contributed by atoms with Gasteiger partial charge in [-0.2, -0.15) is 0 Å². The third-order valence-corrected chi connectivity index (χ3v) is 5.43. The predicted octanol–water partition coefficient (Wildman–Crippen LogP) is 2.06. The number of ether oxygens (including phenoxy) is 3. The van der Waals surface area contributed by atoms with Gasteiger partial charge in [0.2, 0.25) is 12.7 Å². The van der Waals surface area contributed by atoms with Gasteiger partial charge in [0.15, 0.2) is 11.5 Å². The number of likely N-dealkylation sites (tertiary alicyclic amines) is 1. The van der Waals surface area contributed by atoms with Gasteiger partial charge in [-0.3, -0.25) is 4.79 Å². The van der Waals surface area contributed by atoms with Gasteiger partial charge in [-0.1, -0.05) is 6.07 Å². The van der Waals surface area contributed by atoms with Crippen LogP contribution in [0.5, 0.6) is 11.5 Å². The van der Waals surface area contributed by atoms with Crippen molar-refractivity contribution in [3.8, 4) is 11.5 Å². The largest absolute Gasteiger partial charge is 0.454 e. The highest BCUT2D eigenvalue weighted by Crippen LogP contribution is 2.32. The molecule has 6 heteroatoms. The quantitative estimate of drug-likeness (QED) is 0.805. The zero-order chi connectivity index (χ0) is 17.8. The van der Waals surface area contributed by atoms with Crippen LogP contribution in [0.15, 0.2) is 18.2 Å². The highest BCUT2D eigenvalue weighted by Gasteiger charge is 2.25. The molecular formula is C20H28N2O4. The summed E-state index contributed by atoms with van der Waals surface area (Å²) in [6, 6.07) is 5.92. The van der Waals surface area contributed by atoms with E-state index in [1.165, 1.54) is 12.8 Å². The van der Waals surface area contributed by atoms with Gasteiger partial charge in [0.25, 0.3) is 0 Å². The third kappa shape index (κ3) is 4.30. The van der Waals surface area contributed by atoms with Crippen molar-refractivity contribution < 1.29 is 19.0 Å².